The van der Waals surface area contributed by atoms with Gasteiger partial charge in [0.05, 0.1) is 18.6 Å². The van der Waals surface area contributed by atoms with Crippen LogP contribution in [0.4, 0.5) is 13.2 Å². The van der Waals surface area contributed by atoms with Gasteiger partial charge in [-0.1, -0.05) is 6.92 Å². The molecule has 15 heavy (non-hydrogen) atoms. The van der Waals surface area contributed by atoms with Gasteiger partial charge in [-0.3, -0.25) is 10.1 Å². The zero-order valence-corrected chi connectivity index (χ0v) is 8.82. The number of hydrogen-bond acceptors (Lipinski definition) is 2. The summed E-state index contributed by atoms with van der Waals surface area (Å²) in [6.45, 7) is 3.49. The summed E-state index contributed by atoms with van der Waals surface area (Å²) in [6.07, 6.45) is -4.57. The van der Waals surface area contributed by atoms with Crippen LogP contribution in [0.25, 0.3) is 0 Å². The van der Waals surface area contributed by atoms with Gasteiger partial charge in [0.2, 0.25) is 5.91 Å². The molecule has 1 rings (SSSR count). The van der Waals surface area contributed by atoms with Crippen molar-refractivity contribution in [2.45, 2.75) is 38.4 Å². The van der Waals surface area contributed by atoms with E-state index in [2.05, 4.69) is 5.32 Å². The smallest absolute Gasteiger partial charge is 0.328 e. The summed E-state index contributed by atoms with van der Waals surface area (Å²) in [4.78, 5) is 12.9. The minimum absolute atomic E-state index is 0.208. The lowest BCUT2D eigenvalue weighted by atomic mass is 9.99. The number of nitrogens with zero attached hydrogens (tertiary/aromatic N) is 1. The maximum Gasteiger partial charge on any atom is 0.390 e. The number of carbonyl (C=O) groups excluding carboxylic acids is 1. The molecule has 0 saturated carbocycles. The topological polar surface area (TPSA) is 32.3 Å². The zero-order valence-electron chi connectivity index (χ0n) is 8.82. The first kappa shape index (κ1) is 12.3. The zero-order chi connectivity index (χ0) is 11.7. The molecule has 1 aliphatic rings. The molecule has 1 amide bonds. The lowest BCUT2D eigenvalue weighted by Crippen LogP contribution is -2.43. The van der Waals surface area contributed by atoms with E-state index in [-0.39, 0.29) is 19.1 Å². The second-order valence-corrected chi connectivity index (χ2v) is 3.95. The molecule has 0 aromatic carbocycles. The Hall–Kier alpha value is -0.780. The number of halogens is 3. The molecule has 6 heteroatoms. The van der Waals surface area contributed by atoms with E-state index in [4.69, 9.17) is 0 Å². The van der Waals surface area contributed by atoms with Crippen LogP contribution in [-0.2, 0) is 4.79 Å². The molecule has 0 bridgehead atoms. The normalized spacial score (nSPS) is 27.5. The summed E-state index contributed by atoms with van der Waals surface area (Å²) in [5.74, 6) is -0.241. The van der Waals surface area contributed by atoms with Crippen LogP contribution in [-0.4, -0.2) is 35.7 Å². The molecule has 1 unspecified atom stereocenters. The van der Waals surface area contributed by atoms with Crippen molar-refractivity contribution in [3.05, 3.63) is 0 Å². The maximum atomic E-state index is 12.0. The third kappa shape index (κ3) is 2.84. The number of rotatable bonds is 3. The molecule has 1 fully saturated rings. The third-order valence-corrected chi connectivity index (χ3v) is 2.79. The molecular weight excluding hydrogens is 209 g/mol. The van der Waals surface area contributed by atoms with E-state index in [1.165, 1.54) is 4.90 Å². The van der Waals surface area contributed by atoms with Gasteiger partial charge in [0.1, 0.15) is 0 Å². The summed E-state index contributed by atoms with van der Waals surface area (Å²) in [5.41, 5.74) is -0.689. The van der Waals surface area contributed by atoms with Crippen molar-refractivity contribution in [2.24, 2.45) is 0 Å². The van der Waals surface area contributed by atoms with Crippen LogP contribution in [0.2, 0.25) is 0 Å². The Morgan fingerprint density at radius 1 is 1.53 bits per heavy atom. The predicted molar refractivity (Wildman–Crippen MR) is 49.1 cm³/mol. The minimum atomic E-state index is -4.20. The Morgan fingerprint density at radius 2 is 2.13 bits per heavy atom. The number of nitrogens with one attached hydrogen (secondary N) is 1. The fourth-order valence-electron chi connectivity index (χ4n) is 1.48. The van der Waals surface area contributed by atoms with Crippen LogP contribution in [0.3, 0.4) is 0 Å². The molecular formula is C9H15F3N2O. The van der Waals surface area contributed by atoms with Crippen molar-refractivity contribution >= 4 is 5.91 Å². The molecule has 1 aliphatic heterocycles. The molecule has 1 atom stereocenters. The molecule has 3 nitrogen and oxygen atoms in total. The highest BCUT2D eigenvalue weighted by Gasteiger charge is 2.41. The number of carbonyl (C=O) groups is 1. The van der Waals surface area contributed by atoms with E-state index in [1.54, 1.807) is 6.92 Å². The number of alkyl halides is 3. The van der Waals surface area contributed by atoms with E-state index in [1.807, 2.05) is 6.92 Å². The highest BCUT2D eigenvalue weighted by Crippen LogP contribution is 2.23. The minimum Gasteiger partial charge on any atom is -0.328 e. The van der Waals surface area contributed by atoms with Crippen molar-refractivity contribution in [2.75, 3.05) is 13.2 Å². The van der Waals surface area contributed by atoms with Gasteiger partial charge in [-0.2, -0.15) is 13.2 Å². The summed E-state index contributed by atoms with van der Waals surface area (Å²) in [5, 5.41) is 2.93. The van der Waals surface area contributed by atoms with Crippen molar-refractivity contribution in [3.8, 4) is 0 Å². The lowest BCUT2D eigenvalue weighted by molar-refractivity contribution is -0.144. The average Bonchev–Trinajstić information content (AvgIpc) is 2.41. The van der Waals surface area contributed by atoms with Gasteiger partial charge >= 0.3 is 6.18 Å². The molecule has 1 N–H and O–H groups in total. The highest BCUT2D eigenvalue weighted by atomic mass is 19.4. The van der Waals surface area contributed by atoms with Crippen LogP contribution in [0.5, 0.6) is 0 Å². The Labute approximate surface area is 86.6 Å². The van der Waals surface area contributed by atoms with E-state index < -0.39 is 18.1 Å². The largest absolute Gasteiger partial charge is 0.390 e. The lowest BCUT2D eigenvalue weighted by Gasteiger charge is -2.21. The molecule has 88 valence electrons. The standard InChI is InChI=1S/C9H15F3N2O/c1-3-8(2)7(15)14(6-13-8)5-4-9(10,11)12/h13H,3-6H2,1-2H3. The molecule has 0 spiro atoms. The van der Waals surface area contributed by atoms with Crippen LogP contribution in [0, 0.1) is 0 Å². The van der Waals surface area contributed by atoms with E-state index in [0.29, 0.717) is 6.42 Å². The Bertz CT molecular complexity index is 254. The van der Waals surface area contributed by atoms with E-state index in [9.17, 15) is 18.0 Å². The summed E-state index contributed by atoms with van der Waals surface area (Å²) in [6, 6.07) is 0. The summed E-state index contributed by atoms with van der Waals surface area (Å²) >= 11 is 0. The van der Waals surface area contributed by atoms with E-state index >= 15 is 0 Å². The molecule has 1 saturated heterocycles. The van der Waals surface area contributed by atoms with Crippen molar-refractivity contribution in [1.82, 2.24) is 10.2 Å². The fraction of sp³-hybridized carbons (Fsp3) is 0.889. The van der Waals surface area contributed by atoms with Crippen LogP contribution >= 0.6 is 0 Å². The predicted octanol–water partition coefficient (Wildman–Crippen LogP) is 1.50. The van der Waals surface area contributed by atoms with Gasteiger partial charge in [0, 0.05) is 6.54 Å². The Morgan fingerprint density at radius 3 is 2.53 bits per heavy atom. The molecule has 1 heterocycles. The van der Waals surface area contributed by atoms with Crippen LogP contribution in [0.1, 0.15) is 26.7 Å². The highest BCUT2D eigenvalue weighted by molar-refractivity contribution is 5.87. The van der Waals surface area contributed by atoms with E-state index in [0.717, 1.165) is 0 Å². The third-order valence-electron chi connectivity index (χ3n) is 2.79. The molecule has 0 aliphatic carbocycles. The van der Waals surface area contributed by atoms with Crippen LogP contribution in [0.15, 0.2) is 0 Å². The quantitative estimate of drug-likeness (QED) is 0.787. The molecule has 0 aromatic rings. The van der Waals surface area contributed by atoms with Gasteiger partial charge in [-0.05, 0) is 13.3 Å². The maximum absolute atomic E-state index is 12.0. The molecule has 0 radical (unpaired) electrons. The Balaban J connectivity index is 2.51. The molecule has 0 aromatic heterocycles. The van der Waals surface area contributed by atoms with Gasteiger partial charge in [-0.25, -0.2) is 0 Å². The fourth-order valence-corrected chi connectivity index (χ4v) is 1.48. The van der Waals surface area contributed by atoms with Gasteiger partial charge in [-0.15, -0.1) is 0 Å². The first-order valence-electron chi connectivity index (χ1n) is 4.89. The van der Waals surface area contributed by atoms with Gasteiger partial charge in [0.15, 0.2) is 0 Å². The first-order valence-corrected chi connectivity index (χ1v) is 4.89. The van der Waals surface area contributed by atoms with Crippen LogP contribution < -0.4 is 5.32 Å². The average molecular weight is 224 g/mol. The van der Waals surface area contributed by atoms with Gasteiger partial charge in [0.25, 0.3) is 0 Å². The SMILES string of the molecule is CCC1(C)NCN(CCC(F)(F)F)C1=O. The van der Waals surface area contributed by atoms with Crippen molar-refractivity contribution in [3.63, 3.8) is 0 Å². The van der Waals surface area contributed by atoms with Crippen molar-refractivity contribution < 1.29 is 18.0 Å². The van der Waals surface area contributed by atoms with Gasteiger partial charge < -0.3 is 4.90 Å². The van der Waals surface area contributed by atoms with Crippen molar-refractivity contribution in [1.29, 1.82) is 0 Å². The Kier molecular flexibility index (Phi) is 3.28. The second kappa shape index (κ2) is 4.00. The number of amides is 1. The first-order chi connectivity index (χ1) is 6.78. The second-order valence-electron chi connectivity index (χ2n) is 3.95. The summed E-state index contributed by atoms with van der Waals surface area (Å²) < 4.78 is 35.9. The summed E-state index contributed by atoms with van der Waals surface area (Å²) in [7, 11) is 0. The number of hydrogen-bond donors (Lipinski definition) is 1. The monoisotopic (exact) mass is 224 g/mol.